The van der Waals surface area contributed by atoms with Crippen molar-refractivity contribution >= 4 is 11.6 Å². The third-order valence-electron chi connectivity index (χ3n) is 0.757. The Morgan fingerprint density at radius 2 is 2.20 bits per heavy atom. The van der Waals surface area contributed by atoms with Crippen LogP contribution in [0.2, 0.25) is 0 Å². The van der Waals surface area contributed by atoms with Crippen LogP contribution in [-0.4, -0.2) is 25.3 Å². The van der Waals surface area contributed by atoms with Crippen molar-refractivity contribution < 1.29 is 9.53 Å². The van der Waals surface area contributed by atoms with E-state index in [-0.39, 0.29) is 5.91 Å². The molecule has 0 atom stereocenters. The molecule has 0 aliphatic carbocycles. The van der Waals surface area contributed by atoms with Gasteiger partial charge in [0.25, 0.3) is 0 Å². The van der Waals surface area contributed by atoms with Gasteiger partial charge in [-0.3, -0.25) is 4.79 Å². The van der Waals surface area contributed by atoms with Crippen molar-refractivity contribution in [1.82, 2.24) is 5.43 Å². The largest absolute Gasteiger partial charge is 0.379 e. The summed E-state index contributed by atoms with van der Waals surface area (Å²) in [6, 6.07) is 0. The molecule has 0 fully saturated rings. The van der Waals surface area contributed by atoms with E-state index in [0.717, 1.165) is 5.71 Å². The minimum Gasteiger partial charge on any atom is -0.379 e. The van der Waals surface area contributed by atoms with Crippen LogP contribution in [0.15, 0.2) is 5.10 Å². The number of nitrogens with one attached hydrogen (secondary N) is 1. The predicted molar refractivity (Wildman–Crippen MR) is 38.8 cm³/mol. The SMILES string of the molecule is COC/C(C)=N/NC(C)=O. The van der Waals surface area contributed by atoms with Crippen molar-refractivity contribution in [3.05, 3.63) is 0 Å². The molecule has 0 aromatic heterocycles. The Kier molecular flexibility index (Phi) is 4.49. The molecule has 0 aromatic rings. The highest BCUT2D eigenvalue weighted by Gasteiger charge is 1.89. The van der Waals surface area contributed by atoms with Gasteiger partial charge in [-0.2, -0.15) is 5.10 Å². The molecule has 0 heterocycles. The summed E-state index contributed by atoms with van der Waals surface area (Å²) in [6.07, 6.45) is 0. The van der Waals surface area contributed by atoms with Gasteiger partial charge in [0.1, 0.15) is 0 Å². The van der Waals surface area contributed by atoms with Gasteiger partial charge < -0.3 is 4.74 Å². The standard InChI is InChI=1S/C6H12N2O2/c1-5(4-10-3)7-8-6(2)9/h4H2,1-3H3,(H,8,9)/b7-5+. The van der Waals surface area contributed by atoms with E-state index in [1.165, 1.54) is 6.92 Å². The van der Waals surface area contributed by atoms with E-state index in [1.807, 2.05) is 0 Å². The van der Waals surface area contributed by atoms with Crippen LogP contribution < -0.4 is 5.43 Å². The van der Waals surface area contributed by atoms with Crippen LogP contribution in [0.1, 0.15) is 13.8 Å². The van der Waals surface area contributed by atoms with Crippen LogP contribution in [0.5, 0.6) is 0 Å². The number of ether oxygens (including phenoxy) is 1. The summed E-state index contributed by atoms with van der Waals surface area (Å²) in [4.78, 5) is 10.3. The average Bonchev–Trinajstić information content (AvgIpc) is 1.85. The van der Waals surface area contributed by atoms with Gasteiger partial charge in [0.2, 0.25) is 5.91 Å². The summed E-state index contributed by atoms with van der Waals surface area (Å²) < 4.78 is 4.75. The Morgan fingerprint density at radius 1 is 1.60 bits per heavy atom. The first-order valence-corrected chi connectivity index (χ1v) is 2.95. The van der Waals surface area contributed by atoms with E-state index in [4.69, 9.17) is 4.74 Å². The van der Waals surface area contributed by atoms with E-state index in [1.54, 1.807) is 14.0 Å². The Bertz CT molecular complexity index is 143. The number of amides is 1. The number of hydrazone groups is 1. The van der Waals surface area contributed by atoms with Gasteiger partial charge in [-0.05, 0) is 6.92 Å². The lowest BCUT2D eigenvalue weighted by Crippen LogP contribution is -2.16. The van der Waals surface area contributed by atoms with Gasteiger partial charge >= 0.3 is 0 Å². The van der Waals surface area contributed by atoms with E-state index in [2.05, 4.69) is 10.5 Å². The number of methoxy groups -OCH3 is 1. The fourth-order valence-electron chi connectivity index (χ4n) is 0.415. The molecule has 10 heavy (non-hydrogen) atoms. The molecular weight excluding hydrogens is 132 g/mol. The average molecular weight is 144 g/mol. The second-order valence-electron chi connectivity index (χ2n) is 1.95. The number of hydrogen-bond acceptors (Lipinski definition) is 3. The Morgan fingerprint density at radius 3 is 2.60 bits per heavy atom. The maximum atomic E-state index is 10.3. The highest BCUT2D eigenvalue weighted by molar-refractivity contribution is 5.84. The number of carbonyl (C=O) groups is 1. The van der Waals surface area contributed by atoms with Gasteiger partial charge in [-0.15, -0.1) is 0 Å². The maximum Gasteiger partial charge on any atom is 0.236 e. The number of carbonyl (C=O) groups excluding carboxylic acids is 1. The van der Waals surface area contributed by atoms with Crippen LogP contribution in [0, 0.1) is 0 Å². The summed E-state index contributed by atoms with van der Waals surface area (Å²) in [7, 11) is 1.58. The molecule has 4 heteroatoms. The first-order valence-electron chi connectivity index (χ1n) is 2.95. The summed E-state index contributed by atoms with van der Waals surface area (Å²) in [5, 5.41) is 3.71. The van der Waals surface area contributed by atoms with Gasteiger partial charge in [0.05, 0.1) is 12.3 Å². The molecule has 58 valence electrons. The van der Waals surface area contributed by atoms with Crippen molar-refractivity contribution in [1.29, 1.82) is 0 Å². The molecule has 1 N–H and O–H groups in total. The molecule has 0 aliphatic heterocycles. The fraction of sp³-hybridized carbons (Fsp3) is 0.667. The summed E-state index contributed by atoms with van der Waals surface area (Å²) in [5.74, 6) is -0.171. The van der Waals surface area contributed by atoms with Crippen LogP contribution in [0.25, 0.3) is 0 Å². The normalized spacial score (nSPS) is 11.3. The first kappa shape index (κ1) is 9.10. The van der Waals surface area contributed by atoms with Crippen molar-refractivity contribution in [2.45, 2.75) is 13.8 Å². The highest BCUT2D eigenvalue weighted by Crippen LogP contribution is 1.75. The molecule has 1 amide bonds. The Hall–Kier alpha value is -0.900. The summed E-state index contributed by atoms with van der Waals surface area (Å²) in [5.41, 5.74) is 3.05. The smallest absolute Gasteiger partial charge is 0.236 e. The molecule has 0 aliphatic rings. The van der Waals surface area contributed by atoms with Crippen molar-refractivity contribution in [3.63, 3.8) is 0 Å². The lowest BCUT2D eigenvalue weighted by Gasteiger charge is -1.97. The van der Waals surface area contributed by atoms with E-state index in [0.29, 0.717) is 6.61 Å². The maximum absolute atomic E-state index is 10.3. The molecule has 0 bridgehead atoms. The molecule has 0 unspecified atom stereocenters. The fourth-order valence-corrected chi connectivity index (χ4v) is 0.415. The van der Waals surface area contributed by atoms with Gasteiger partial charge in [0.15, 0.2) is 0 Å². The third-order valence-corrected chi connectivity index (χ3v) is 0.757. The van der Waals surface area contributed by atoms with Crippen LogP contribution in [0.3, 0.4) is 0 Å². The second kappa shape index (κ2) is 4.93. The molecule has 0 radical (unpaired) electrons. The second-order valence-corrected chi connectivity index (χ2v) is 1.95. The molecule has 0 saturated heterocycles. The summed E-state index contributed by atoms with van der Waals surface area (Å²) >= 11 is 0. The van der Waals surface area contributed by atoms with Crippen LogP contribution in [0.4, 0.5) is 0 Å². The zero-order valence-corrected chi connectivity index (χ0v) is 6.47. The molecule has 4 nitrogen and oxygen atoms in total. The van der Waals surface area contributed by atoms with Gasteiger partial charge in [-0.1, -0.05) is 0 Å². The first-order chi connectivity index (χ1) is 4.66. The third kappa shape index (κ3) is 5.24. The van der Waals surface area contributed by atoms with E-state index < -0.39 is 0 Å². The van der Waals surface area contributed by atoms with Crippen LogP contribution >= 0.6 is 0 Å². The minimum atomic E-state index is -0.171. The van der Waals surface area contributed by atoms with Gasteiger partial charge in [0, 0.05) is 14.0 Å². The molecule has 0 spiro atoms. The Labute approximate surface area is 60.3 Å². The Balaban J connectivity index is 3.57. The lowest BCUT2D eigenvalue weighted by atomic mass is 10.5. The topological polar surface area (TPSA) is 50.7 Å². The highest BCUT2D eigenvalue weighted by atomic mass is 16.5. The van der Waals surface area contributed by atoms with Crippen molar-refractivity contribution in [3.8, 4) is 0 Å². The minimum absolute atomic E-state index is 0.171. The molecule has 0 rings (SSSR count). The number of nitrogens with zero attached hydrogens (tertiary/aromatic N) is 1. The van der Waals surface area contributed by atoms with Gasteiger partial charge in [-0.25, -0.2) is 5.43 Å². The molecular formula is C6H12N2O2. The zero-order valence-electron chi connectivity index (χ0n) is 6.47. The van der Waals surface area contributed by atoms with Crippen LogP contribution in [-0.2, 0) is 9.53 Å². The summed E-state index contributed by atoms with van der Waals surface area (Å²) in [6.45, 7) is 3.63. The quantitative estimate of drug-likeness (QED) is 0.452. The monoisotopic (exact) mass is 144 g/mol. The lowest BCUT2D eigenvalue weighted by molar-refractivity contribution is -0.118. The predicted octanol–water partition coefficient (Wildman–Crippen LogP) is 0.145. The molecule has 0 saturated carbocycles. The number of hydrogen-bond donors (Lipinski definition) is 1. The van der Waals surface area contributed by atoms with E-state index in [9.17, 15) is 4.79 Å². The number of rotatable bonds is 3. The van der Waals surface area contributed by atoms with Crippen molar-refractivity contribution in [2.24, 2.45) is 5.10 Å². The van der Waals surface area contributed by atoms with Crippen molar-refractivity contribution in [2.75, 3.05) is 13.7 Å². The molecule has 0 aromatic carbocycles. The van der Waals surface area contributed by atoms with E-state index >= 15 is 0 Å². The zero-order chi connectivity index (χ0) is 7.98.